The Morgan fingerprint density at radius 2 is 1.86 bits per heavy atom. The number of para-hydroxylation sites is 1. The maximum absolute atomic E-state index is 13.6. The highest BCUT2D eigenvalue weighted by Crippen LogP contribution is 2.40. The van der Waals surface area contributed by atoms with Gasteiger partial charge >= 0.3 is 5.97 Å². The van der Waals surface area contributed by atoms with Crippen LogP contribution in [-0.4, -0.2) is 39.8 Å². The number of amides is 1. The Morgan fingerprint density at radius 3 is 2.54 bits per heavy atom. The molecule has 1 amide bonds. The molecular weight excluding hydrogens is 448 g/mol. The van der Waals surface area contributed by atoms with E-state index in [-0.39, 0.29) is 17.9 Å². The van der Waals surface area contributed by atoms with Crippen LogP contribution in [0.2, 0.25) is 0 Å². The van der Waals surface area contributed by atoms with Gasteiger partial charge in [-0.2, -0.15) is 0 Å². The predicted octanol–water partition coefficient (Wildman–Crippen LogP) is 4.39. The molecule has 0 bridgehead atoms. The number of carbonyl (C=O) groups is 3. The summed E-state index contributed by atoms with van der Waals surface area (Å²) in [6.07, 6.45) is 3.23. The maximum Gasteiger partial charge on any atom is 0.337 e. The van der Waals surface area contributed by atoms with Crippen molar-refractivity contribution in [2.45, 2.75) is 12.6 Å². The number of aromatic nitrogens is 1. The lowest BCUT2D eigenvalue weighted by Crippen LogP contribution is -2.30. The van der Waals surface area contributed by atoms with Gasteiger partial charge in [0.2, 0.25) is 5.78 Å². The Hall–Kier alpha value is -4.72. The number of ketones is 1. The van der Waals surface area contributed by atoms with Crippen molar-refractivity contribution in [3.05, 3.63) is 113 Å². The Morgan fingerprint density at radius 1 is 1.09 bits per heavy atom. The van der Waals surface area contributed by atoms with Gasteiger partial charge in [-0.3, -0.25) is 14.6 Å². The Balaban J connectivity index is 1.59. The van der Waals surface area contributed by atoms with Crippen LogP contribution in [0.1, 0.15) is 38.1 Å². The average molecular weight is 468 g/mol. The van der Waals surface area contributed by atoms with Crippen molar-refractivity contribution in [1.82, 2.24) is 9.88 Å². The topological polar surface area (TPSA) is 110 Å². The van der Waals surface area contributed by atoms with Crippen LogP contribution in [0.25, 0.3) is 11.0 Å². The van der Waals surface area contributed by atoms with E-state index < -0.39 is 29.5 Å². The van der Waals surface area contributed by atoms with Gasteiger partial charge in [-0.1, -0.05) is 36.4 Å². The molecule has 2 aromatic carbocycles. The van der Waals surface area contributed by atoms with E-state index in [1.165, 1.54) is 12.0 Å². The van der Waals surface area contributed by atoms with Crippen LogP contribution in [0.15, 0.2) is 94.9 Å². The minimum atomic E-state index is -0.907. The number of rotatable bonds is 6. The summed E-state index contributed by atoms with van der Waals surface area (Å²) in [6.45, 7) is 0.108. The van der Waals surface area contributed by atoms with Crippen LogP contribution in [0, 0.1) is 0 Å². The molecule has 0 aliphatic carbocycles. The first kappa shape index (κ1) is 22.1. The number of hydrogen-bond donors (Lipinski definition) is 1. The van der Waals surface area contributed by atoms with Gasteiger partial charge < -0.3 is 19.2 Å². The van der Waals surface area contributed by atoms with Crippen molar-refractivity contribution in [2.75, 3.05) is 7.11 Å². The summed E-state index contributed by atoms with van der Waals surface area (Å²) in [7, 11) is 1.28. The molecule has 35 heavy (non-hydrogen) atoms. The lowest BCUT2D eigenvalue weighted by molar-refractivity contribution is -0.130. The Bertz CT molecular complexity index is 1440. The monoisotopic (exact) mass is 468 g/mol. The van der Waals surface area contributed by atoms with Gasteiger partial charge in [0, 0.05) is 24.3 Å². The number of Topliss-reactive ketones (excluding diaryl/α,β-unsaturated/α-hetero) is 1. The fourth-order valence-corrected chi connectivity index (χ4v) is 4.23. The zero-order valence-corrected chi connectivity index (χ0v) is 18.7. The Labute approximate surface area is 200 Å². The van der Waals surface area contributed by atoms with Gasteiger partial charge in [-0.05, 0) is 41.5 Å². The second-order valence-corrected chi connectivity index (χ2v) is 8.05. The van der Waals surface area contributed by atoms with Crippen molar-refractivity contribution in [3.63, 3.8) is 0 Å². The molecule has 0 saturated heterocycles. The maximum atomic E-state index is 13.6. The highest BCUT2D eigenvalue weighted by Gasteiger charge is 2.44. The van der Waals surface area contributed by atoms with Gasteiger partial charge in [0.15, 0.2) is 11.5 Å². The Kier molecular flexibility index (Phi) is 5.62. The number of carbonyl (C=O) groups excluding carboxylic acids is 3. The van der Waals surface area contributed by atoms with Crippen LogP contribution < -0.4 is 0 Å². The van der Waals surface area contributed by atoms with E-state index in [9.17, 15) is 19.5 Å². The molecule has 4 aromatic rings. The van der Waals surface area contributed by atoms with Gasteiger partial charge in [0.25, 0.3) is 5.91 Å². The largest absolute Gasteiger partial charge is 0.503 e. The zero-order chi connectivity index (χ0) is 24.5. The summed E-state index contributed by atoms with van der Waals surface area (Å²) in [5.41, 5.74) is 2.01. The molecule has 1 atom stereocenters. The normalized spacial score (nSPS) is 15.6. The van der Waals surface area contributed by atoms with E-state index in [1.807, 2.05) is 6.07 Å². The van der Waals surface area contributed by atoms with Crippen LogP contribution >= 0.6 is 0 Å². The van der Waals surface area contributed by atoms with E-state index in [0.29, 0.717) is 16.7 Å². The van der Waals surface area contributed by atoms with Crippen molar-refractivity contribution in [3.8, 4) is 0 Å². The fraction of sp³-hybridized carbons (Fsp3) is 0.111. The second kappa shape index (κ2) is 8.90. The first-order chi connectivity index (χ1) is 17.0. The summed E-state index contributed by atoms with van der Waals surface area (Å²) >= 11 is 0. The molecule has 174 valence electrons. The number of benzene rings is 2. The number of pyridine rings is 1. The van der Waals surface area contributed by atoms with Crippen molar-refractivity contribution in [2.24, 2.45) is 0 Å². The van der Waals surface area contributed by atoms with Crippen LogP contribution in [-0.2, 0) is 16.1 Å². The van der Waals surface area contributed by atoms with Gasteiger partial charge in [-0.25, -0.2) is 4.79 Å². The van der Waals surface area contributed by atoms with E-state index in [4.69, 9.17) is 9.15 Å². The van der Waals surface area contributed by atoms with Crippen molar-refractivity contribution < 1.29 is 28.6 Å². The van der Waals surface area contributed by atoms with E-state index in [0.717, 1.165) is 10.9 Å². The lowest BCUT2D eigenvalue weighted by Gasteiger charge is -2.26. The third-order valence-corrected chi connectivity index (χ3v) is 5.92. The minimum absolute atomic E-state index is 0.0139. The molecule has 3 heterocycles. The average Bonchev–Trinajstić information content (AvgIpc) is 3.43. The molecule has 2 aromatic heterocycles. The second-order valence-electron chi connectivity index (χ2n) is 8.05. The number of hydrogen-bond acceptors (Lipinski definition) is 7. The quantitative estimate of drug-likeness (QED) is 0.330. The molecule has 1 aliphatic heterocycles. The van der Waals surface area contributed by atoms with Crippen molar-refractivity contribution in [1.29, 1.82) is 0 Å². The summed E-state index contributed by atoms with van der Waals surface area (Å²) in [5, 5.41) is 11.6. The number of methoxy groups -OCH3 is 1. The first-order valence-electron chi connectivity index (χ1n) is 10.8. The predicted molar refractivity (Wildman–Crippen MR) is 126 cm³/mol. The molecule has 5 rings (SSSR count). The molecule has 1 aliphatic rings. The van der Waals surface area contributed by atoms with E-state index in [1.54, 1.807) is 73.1 Å². The highest BCUT2D eigenvalue weighted by atomic mass is 16.5. The lowest BCUT2D eigenvalue weighted by atomic mass is 9.94. The molecule has 1 N–H and O–H groups in total. The molecule has 8 heteroatoms. The standard InChI is InChI=1S/C27H20N2O6/c1-34-27(33)18-10-8-17(9-11-18)23-22(24(30)21-13-19-6-2-3-7-20(19)35-21)25(31)26(32)29(23)15-16-5-4-12-28-14-16/h2-14,23,31H,15H2,1H3/t23-/m1/s1. The zero-order valence-electron chi connectivity index (χ0n) is 18.7. The number of furan rings is 1. The SMILES string of the molecule is COC(=O)c1ccc([C@@H]2C(C(=O)c3cc4ccccc4o3)=C(O)C(=O)N2Cc2cccnc2)cc1. The van der Waals surface area contributed by atoms with E-state index >= 15 is 0 Å². The molecule has 0 radical (unpaired) electrons. The molecular formula is C27H20N2O6. The summed E-state index contributed by atoms with van der Waals surface area (Å²) in [5.74, 6) is -2.41. The van der Waals surface area contributed by atoms with Gasteiger partial charge in [0.05, 0.1) is 24.3 Å². The molecule has 0 unspecified atom stereocenters. The third kappa shape index (κ3) is 3.95. The minimum Gasteiger partial charge on any atom is -0.503 e. The van der Waals surface area contributed by atoms with Crippen molar-refractivity contribution >= 4 is 28.6 Å². The summed E-state index contributed by atoms with van der Waals surface area (Å²) in [4.78, 5) is 44.1. The number of aliphatic hydroxyl groups is 1. The number of fused-ring (bicyclic) bond motifs is 1. The van der Waals surface area contributed by atoms with Crippen LogP contribution in [0.4, 0.5) is 0 Å². The van der Waals surface area contributed by atoms with Gasteiger partial charge in [-0.15, -0.1) is 0 Å². The summed E-state index contributed by atoms with van der Waals surface area (Å²) < 4.78 is 10.5. The molecule has 0 spiro atoms. The van der Waals surface area contributed by atoms with Gasteiger partial charge in [0.1, 0.15) is 5.58 Å². The third-order valence-electron chi connectivity index (χ3n) is 5.92. The number of ether oxygens (including phenoxy) is 1. The highest BCUT2D eigenvalue weighted by molar-refractivity contribution is 6.16. The molecule has 0 saturated carbocycles. The fourth-order valence-electron chi connectivity index (χ4n) is 4.23. The molecule has 8 nitrogen and oxygen atoms in total. The number of nitrogens with zero attached hydrogens (tertiary/aromatic N) is 2. The van der Waals surface area contributed by atoms with E-state index in [2.05, 4.69) is 4.98 Å². The number of esters is 1. The molecule has 0 fully saturated rings. The number of aliphatic hydroxyl groups excluding tert-OH is 1. The van der Waals surface area contributed by atoms with Crippen LogP contribution in [0.3, 0.4) is 0 Å². The summed E-state index contributed by atoms with van der Waals surface area (Å²) in [6, 6.07) is 17.7. The van der Waals surface area contributed by atoms with Crippen LogP contribution in [0.5, 0.6) is 0 Å². The first-order valence-corrected chi connectivity index (χ1v) is 10.8. The smallest absolute Gasteiger partial charge is 0.337 e.